The molecule has 2 aliphatic rings. The van der Waals surface area contributed by atoms with Crippen molar-refractivity contribution in [3.63, 3.8) is 0 Å². The van der Waals surface area contributed by atoms with Crippen molar-refractivity contribution in [3.8, 4) is 17.4 Å². The van der Waals surface area contributed by atoms with Crippen LogP contribution < -0.4 is 19.1 Å². The van der Waals surface area contributed by atoms with E-state index in [1.165, 1.54) is 12.1 Å². The number of ether oxygens (including phenoxy) is 3. The summed E-state index contributed by atoms with van der Waals surface area (Å²) >= 11 is 0. The number of anilines is 1. The average molecular weight is 599 g/mol. The standard InChI is InChI=1S/C23H30N4O4.C7H8O3S/c1-6-31-20-10-14-15-9-13(28)7-8-18(15)25-21(16(14)11-19(20)29-4)17-12-24-23(27(2)3)26-22(17)30-5;1-6-2-4-7(5-3-6)11(8,9)10/h10-13,15,18,28H,6-9H2,1-5H3;2-5H,1H3,(H,8,9,10)/t13-,15-,18-;/m1./s1. The van der Waals surface area contributed by atoms with Crippen LogP contribution in [0.3, 0.4) is 0 Å². The average Bonchev–Trinajstić information content (AvgIpc) is 2.96. The number of aliphatic imine (C=N–C) groups is 1. The normalized spacial score (nSPS) is 19.3. The number of hydrogen-bond acceptors (Lipinski definition) is 10. The van der Waals surface area contributed by atoms with Gasteiger partial charge in [0, 0.05) is 31.8 Å². The zero-order valence-electron chi connectivity index (χ0n) is 24.7. The third-order valence-corrected chi connectivity index (χ3v) is 8.15. The fourth-order valence-electron chi connectivity index (χ4n) is 5.19. The van der Waals surface area contributed by atoms with E-state index in [1.807, 2.05) is 45.0 Å². The Balaban J connectivity index is 0.000000310. The Morgan fingerprint density at radius 1 is 1.02 bits per heavy atom. The van der Waals surface area contributed by atoms with Gasteiger partial charge in [0.05, 0.1) is 49.1 Å². The Labute approximate surface area is 247 Å². The first-order valence-electron chi connectivity index (χ1n) is 13.7. The lowest BCUT2D eigenvalue weighted by molar-refractivity contribution is 0.111. The molecule has 3 aromatic rings. The van der Waals surface area contributed by atoms with Crippen molar-refractivity contribution in [2.75, 3.05) is 39.8 Å². The van der Waals surface area contributed by atoms with Gasteiger partial charge in [0.2, 0.25) is 11.8 Å². The van der Waals surface area contributed by atoms with E-state index in [0.717, 1.165) is 40.8 Å². The van der Waals surface area contributed by atoms with Crippen LogP contribution in [0, 0.1) is 6.92 Å². The quantitative estimate of drug-likeness (QED) is 0.382. The minimum atomic E-state index is -4.02. The number of rotatable bonds is 7. The summed E-state index contributed by atoms with van der Waals surface area (Å²) in [6.07, 6.45) is 3.70. The van der Waals surface area contributed by atoms with Crippen molar-refractivity contribution in [1.82, 2.24) is 9.97 Å². The number of aliphatic hydroxyl groups excluding tert-OH is 1. The van der Waals surface area contributed by atoms with Gasteiger partial charge in [-0.1, -0.05) is 17.7 Å². The smallest absolute Gasteiger partial charge is 0.294 e. The molecule has 0 spiro atoms. The number of aryl methyl sites for hydroxylation is 1. The molecule has 1 aliphatic heterocycles. The molecule has 0 saturated heterocycles. The molecule has 1 aromatic heterocycles. The maximum absolute atomic E-state index is 10.5. The lowest BCUT2D eigenvalue weighted by atomic mass is 9.74. The Hall–Kier alpha value is -3.74. The van der Waals surface area contributed by atoms with Gasteiger partial charge < -0.3 is 24.2 Å². The zero-order valence-corrected chi connectivity index (χ0v) is 25.6. The van der Waals surface area contributed by atoms with Crippen LogP contribution >= 0.6 is 0 Å². The number of aromatic nitrogens is 2. The monoisotopic (exact) mass is 598 g/mol. The fourth-order valence-corrected chi connectivity index (χ4v) is 5.67. The first-order valence-corrected chi connectivity index (χ1v) is 15.1. The van der Waals surface area contributed by atoms with E-state index in [-0.39, 0.29) is 23.0 Å². The summed E-state index contributed by atoms with van der Waals surface area (Å²) in [5.41, 5.74) is 4.53. The topological polar surface area (TPSA) is 144 Å². The second-order valence-corrected chi connectivity index (χ2v) is 11.8. The first-order chi connectivity index (χ1) is 20.0. The van der Waals surface area contributed by atoms with Gasteiger partial charge in [-0.2, -0.15) is 13.4 Å². The Bertz CT molecular complexity index is 1540. The lowest BCUT2D eigenvalue weighted by Crippen LogP contribution is -2.34. The van der Waals surface area contributed by atoms with E-state index in [4.69, 9.17) is 23.8 Å². The molecule has 2 N–H and O–H groups in total. The number of benzene rings is 2. The maximum Gasteiger partial charge on any atom is 0.294 e. The van der Waals surface area contributed by atoms with Crippen LogP contribution in [0.1, 0.15) is 54.4 Å². The minimum Gasteiger partial charge on any atom is -0.493 e. The van der Waals surface area contributed by atoms with Crippen molar-refractivity contribution < 1.29 is 32.3 Å². The summed E-state index contributed by atoms with van der Waals surface area (Å²) in [5, 5.41) is 10.3. The summed E-state index contributed by atoms with van der Waals surface area (Å²) in [4.78, 5) is 15.9. The summed E-state index contributed by atoms with van der Waals surface area (Å²) in [5.74, 6) is 2.52. The Kier molecular flexibility index (Phi) is 9.70. The third kappa shape index (κ3) is 6.83. The van der Waals surface area contributed by atoms with Gasteiger partial charge in [-0.3, -0.25) is 9.55 Å². The fraction of sp³-hybridized carbons (Fsp3) is 0.433. The molecule has 0 radical (unpaired) electrons. The second kappa shape index (κ2) is 13.1. The highest BCUT2D eigenvalue weighted by atomic mass is 32.2. The molecule has 2 aromatic carbocycles. The second-order valence-electron chi connectivity index (χ2n) is 10.4. The molecule has 1 aliphatic carbocycles. The van der Waals surface area contributed by atoms with Crippen LogP contribution in [-0.2, 0) is 10.1 Å². The van der Waals surface area contributed by atoms with Crippen molar-refractivity contribution in [3.05, 3.63) is 64.8 Å². The van der Waals surface area contributed by atoms with E-state index in [0.29, 0.717) is 36.4 Å². The first kappa shape index (κ1) is 31.2. The summed E-state index contributed by atoms with van der Waals surface area (Å²) in [6, 6.07) is 10.1. The summed E-state index contributed by atoms with van der Waals surface area (Å²) in [7, 11) is 2.99. The predicted molar refractivity (Wildman–Crippen MR) is 160 cm³/mol. The van der Waals surface area contributed by atoms with E-state index < -0.39 is 10.1 Å². The van der Waals surface area contributed by atoms with Gasteiger partial charge in [-0.15, -0.1) is 0 Å². The molecule has 2 heterocycles. The van der Waals surface area contributed by atoms with Gasteiger partial charge in [-0.05, 0) is 62.9 Å². The van der Waals surface area contributed by atoms with Gasteiger partial charge in [0.15, 0.2) is 11.5 Å². The lowest BCUT2D eigenvalue weighted by Gasteiger charge is -2.37. The molecule has 0 unspecified atom stereocenters. The molecule has 226 valence electrons. The van der Waals surface area contributed by atoms with Gasteiger partial charge in [0.25, 0.3) is 10.1 Å². The number of fused-ring (bicyclic) bond motifs is 3. The molecule has 1 fully saturated rings. The molecular formula is C30H38N4O7S. The SMILES string of the molecule is CCOc1cc2c(cc1OC)C(c1cnc(N(C)C)nc1OC)=N[C@@H]1CC[C@@H](O)C[C@H]21.Cc1ccc(S(=O)(=O)O)cc1. The van der Waals surface area contributed by atoms with Gasteiger partial charge in [0.1, 0.15) is 0 Å². The third-order valence-electron chi connectivity index (χ3n) is 7.28. The van der Waals surface area contributed by atoms with Crippen molar-refractivity contribution in [1.29, 1.82) is 0 Å². The number of methoxy groups -OCH3 is 2. The number of nitrogens with zero attached hydrogens (tertiary/aromatic N) is 4. The highest BCUT2D eigenvalue weighted by Gasteiger charge is 2.38. The van der Waals surface area contributed by atoms with Gasteiger partial charge in [-0.25, -0.2) is 4.98 Å². The molecule has 42 heavy (non-hydrogen) atoms. The van der Waals surface area contributed by atoms with Gasteiger partial charge >= 0.3 is 0 Å². The Morgan fingerprint density at radius 2 is 1.74 bits per heavy atom. The van der Waals surface area contributed by atoms with Crippen LogP contribution in [0.15, 0.2) is 52.5 Å². The summed E-state index contributed by atoms with van der Waals surface area (Å²) < 4.78 is 46.6. The predicted octanol–water partition coefficient (Wildman–Crippen LogP) is 4.05. The van der Waals surface area contributed by atoms with Crippen molar-refractivity contribution >= 4 is 21.8 Å². The molecular weight excluding hydrogens is 560 g/mol. The van der Waals surface area contributed by atoms with E-state index in [1.54, 1.807) is 32.5 Å². The van der Waals surface area contributed by atoms with Crippen molar-refractivity contribution in [2.45, 2.75) is 56.1 Å². The molecule has 1 saturated carbocycles. The van der Waals surface area contributed by atoms with E-state index in [2.05, 4.69) is 9.97 Å². The highest BCUT2D eigenvalue weighted by Crippen LogP contribution is 2.45. The van der Waals surface area contributed by atoms with Crippen LogP contribution in [0.25, 0.3) is 0 Å². The largest absolute Gasteiger partial charge is 0.493 e. The van der Waals surface area contributed by atoms with Crippen LogP contribution in [0.4, 0.5) is 5.95 Å². The number of hydrogen-bond donors (Lipinski definition) is 2. The summed E-state index contributed by atoms with van der Waals surface area (Å²) in [6.45, 7) is 4.34. The van der Waals surface area contributed by atoms with Crippen LogP contribution in [0.2, 0.25) is 0 Å². The van der Waals surface area contributed by atoms with E-state index >= 15 is 0 Å². The molecule has 5 rings (SSSR count). The molecule has 11 nitrogen and oxygen atoms in total. The minimum absolute atomic E-state index is 0.0666. The molecule has 0 amide bonds. The van der Waals surface area contributed by atoms with Crippen LogP contribution in [0.5, 0.6) is 17.4 Å². The zero-order chi connectivity index (χ0) is 30.6. The van der Waals surface area contributed by atoms with E-state index in [9.17, 15) is 13.5 Å². The molecule has 0 bridgehead atoms. The van der Waals surface area contributed by atoms with Crippen molar-refractivity contribution in [2.24, 2.45) is 4.99 Å². The number of aliphatic hydroxyl groups is 1. The molecule has 12 heteroatoms. The Morgan fingerprint density at radius 3 is 2.33 bits per heavy atom. The van der Waals surface area contributed by atoms with Crippen LogP contribution in [-0.4, -0.2) is 80.8 Å². The molecule has 3 atom stereocenters. The highest BCUT2D eigenvalue weighted by molar-refractivity contribution is 7.85. The maximum atomic E-state index is 10.5.